The van der Waals surface area contributed by atoms with Gasteiger partial charge in [-0.25, -0.2) is 9.18 Å². The van der Waals surface area contributed by atoms with Crippen molar-refractivity contribution in [2.24, 2.45) is 4.99 Å². The van der Waals surface area contributed by atoms with Crippen molar-refractivity contribution in [3.63, 3.8) is 0 Å². The van der Waals surface area contributed by atoms with E-state index in [9.17, 15) is 9.18 Å². The van der Waals surface area contributed by atoms with E-state index in [-0.39, 0.29) is 5.02 Å². The average Bonchev–Trinajstić information content (AvgIpc) is 2.61. The fraction of sp³-hybridized carbons (Fsp3) is 0.158. The Balaban J connectivity index is 2.14. The van der Waals surface area contributed by atoms with Crippen molar-refractivity contribution < 1.29 is 13.9 Å². The Labute approximate surface area is 150 Å². The Morgan fingerprint density at radius 1 is 1.24 bits per heavy atom. The number of carbonyl (C=O) groups excluding carboxylic acids is 1. The summed E-state index contributed by atoms with van der Waals surface area (Å²) in [6, 6.07) is 12.9. The predicted octanol–water partition coefficient (Wildman–Crippen LogP) is 4.02. The Morgan fingerprint density at radius 3 is 2.60 bits per heavy atom. The van der Waals surface area contributed by atoms with Crippen LogP contribution in [0.3, 0.4) is 0 Å². The highest BCUT2D eigenvalue weighted by atomic mass is 35.5. The summed E-state index contributed by atoms with van der Waals surface area (Å²) in [6.45, 7) is 1.77. The first-order valence-corrected chi connectivity index (χ1v) is 8.03. The van der Waals surface area contributed by atoms with Gasteiger partial charge in [0.1, 0.15) is 17.7 Å². The molecule has 4 nitrogen and oxygen atoms in total. The van der Waals surface area contributed by atoms with Crippen molar-refractivity contribution in [3.8, 4) is 0 Å². The lowest BCUT2D eigenvalue weighted by atomic mass is 9.95. The highest BCUT2D eigenvalue weighted by Gasteiger charge is 2.31. The van der Waals surface area contributed by atoms with E-state index >= 15 is 0 Å². The van der Waals surface area contributed by atoms with E-state index in [2.05, 4.69) is 10.3 Å². The van der Waals surface area contributed by atoms with Crippen LogP contribution in [0.15, 0.2) is 64.8 Å². The molecule has 1 atom stereocenters. The third-order valence-corrected chi connectivity index (χ3v) is 4.28. The molecule has 0 bridgehead atoms. The number of esters is 1. The summed E-state index contributed by atoms with van der Waals surface area (Å²) in [7, 11) is 1.31. The van der Waals surface area contributed by atoms with Crippen LogP contribution >= 0.6 is 11.6 Å². The molecule has 25 heavy (non-hydrogen) atoms. The van der Waals surface area contributed by atoms with Crippen LogP contribution in [0, 0.1) is 5.82 Å². The van der Waals surface area contributed by atoms with Crippen molar-refractivity contribution in [1.82, 2.24) is 5.32 Å². The number of nitrogens with zero attached hydrogens (tertiary/aromatic N) is 1. The largest absolute Gasteiger partial charge is 0.466 e. The molecular weight excluding hydrogens is 343 g/mol. The zero-order chi connectivity index (χ0) is 18.0. The minimum absolute atomic E-state index is 0.206. The summed E-state index contributed by atoms with van der Waals surface area (Å²) in [5, 5.41) is 3.35. The number of benzene rings is 2. The van der Waals surface area contributed by atoms with Gasteiger partial charge in [-0.1, -0.05) is 48.0 Å². The molecule has 1 aliphatic heterocycles. The molecule has 2 aromatic carbocycles. The summed E-state index contributed by atoms with van der Waals surface area (Å²) in [6.07, 6.45) is 0. The maximum atomic E-state index is 13.4. The van der Waals surface area contributed by atoms with Crippen molar-refractivity contribution in [1.29, 1.82) is 0 Å². The molecule has 3 rings (SSSR count). The van der Waals surface area contributed by atoms with Gasteiger partial charge in [0, 0.05) is 21.8 Å². The third-order valence-electron chi connectivity index (χ3n) is 3.95. The average molecular weight is 359 g/mol. The lowest BCUT2D eigenvalue weighted by Crippen LogP contribution is -2.32. The highest BCUT2D eigenvalue weighted by molar-refractivity contribution is 6.31. The molecule has 6 heteroatoms. The quantitative estimate of drug-likeness (QED) is 0.843. The smallest absolute Gasteiger partial charge is 0.338 e. The Kier molecular flexibility index (Phi) is 4.86. The van der Waals surface area contributed by atoms with E-state index in [4.69, 9.17) is 16.3 Å². The number of carbonyl (C=O) groups is 1. The van der Waals surface area contributed by atoms with Gasteiger partial charge in [0.25, 0.3) is 0 Å². The predicted molar refractivity (Wildman–Crippen MR) is 95.0 cm³/mol. The van der Waals surface area contributed by atoms with Crippen LogP contribution in [-0.2, 0) is 9.53 Å². The molecule has 0 amide bonds. The second-order valence-electron chi connectivity index (χ2n) is 5.57. The number of aliphatic imine (C=N–C) groups is 1. The molecule has 0 spiro atoms. The van der Waals surface area contributed by atoms with Crippen molar-refractivity contribution >= 4 is 23.4 Å². The molecule has 2 aromatic rings. The van der Waals surface area contributed by atoms with E-state index in [0.29, 0.717) is 22.7 Å². The molecule has 0 fully saturated rings. The van der Waals surface area contributed by atoms with Crippen LogP contribution < -0.4 is 5.32 Å². The van der Waals surface area contributed by atoms with Gasteiger partial charge < -0.3 is 10.1 Å². The highest BCUT2D eigenvalue weighted by Crippen LogP contribution is 2.36. The molecular formula is C19H16ClFN2O2. The summed E-state index contributed by atoms with van der Waals surface area (Å²) < 4.78 is 18.3. The monoisotopic (exact) mass is 358 g/mol. The molecule has 0 saturated carbocycles. The molecule has 1 aliphatic rings. The number of ether oxygens (including phenoxy) is 1. The summed E-state index contributed by atoms with van der Waals surface area (Å²) in [5.74, 6) is -0.349. The number of methoxy groups -OCH3 is 1. The standard InChI is InChI=1S/C19H16ClFN2O2/c1-11-16(19(24)25-2)17(14-9-8-13(21)10-15(14)20)23-18(22-11)12-6-4-3-5-7-12/h3-10,17H,1-2H3,(H,22,23). The van der Waals surface area contributed by atoms with Crippen molar-refractivity contribution in [2.75, 3.05) is 7.11 Å². The minimum Gasteiger partial charge on any atom is -0.466 e. The maximum absolute atomic E-state index is 13.4. The normalized spacial score (nSPS) is 17.0. The fourth-order valence-corrected chi connectivity index (χ4v) is 3.01. The number of hydrogen-bond acceptors (Lipinski definition) is 4. The molecule has 1 unspecified atom stereocenters. The molecule has 128 valence electrons. The first kappa shape index (κ1) is 17.2. The van der Waals surface area contributed by atoms with Crippen LogP contribution in [0.1, 0.15) is 24.1 Å². The Hall–Kier alpha value is -2.66. The van der Waals surface area contributed by atoms with Gasteiger partial charge in [-0.05, 0) is 19.1 Å². The fourth-order valence-electron chi connectivity index (χ4n) is 2.74. The van der Waals surface area contributed by atoms with Gasteiger partial charge in [0.15, 0.2) is 0 Å². The third kappa shape index (κ3) is 3.42. The van der Waals surface area contributed by atoms with Crippen molar-refractivity contribution in [2.45, 2.75) is 13.0 Å². The van der Waals surface area contributed by atoms with Crippen LogP contribution in [0.25, 0.3) is 0 Å². The van der Waals surface area contributed by atoms with Gasteiger partial charge in [0.2, 0.25) is 0 Å². The number of rotatable bonds is 3. The van der Waals surface area contributed by atoms with Crippen LogP contribution in [0.2, 0.25) is 5.02 Å². The van der Waals surface area contributed by atoms with E-state index in [0.717, 1.165) is 5.56 Å². The second kappa shape index (κ2) is 7.07. The van der Waals surface area contributed by atoms with E-state index in [1.807, 2.05) is 30.3 Å². The number of amidine groups is 1. The van der Waals surface area contributed by atoms with E-state index in [1.54, 1.807) is 6.92 Å². The zero-order valence-corrected chi connectivity index (χ0v) is 14.5. The Bertz CT molecular complexity index is 878. The molecule has 0 saturated heterocycles. The first-order chi connectivity index (χ1) is 12.0. The van der Waals surface area contributed by atoms with Crippen LogP contribution in [-0.4, -0.2) is 18.9 Å². The molecule has 0 aliphatic carbocycles. The number of nitrogens with one attached hydrogen (secondary N) is 1. The van der Waals surface area contributed by atoms with E-state index < -0.39 is 17.8 Å². The van der Waals surface area contributed by atoms with Gasteiger partial charge in [0.05, 0.1) is 12.7 Å². The summed E-state index contributed by atoms with van der Waals surface area (Å²) >= 11 is 6.21. The molecule has 0 aromatic heterocycles. The van der Waals surface area contributed by atoms with Crippen LogP contribution in [0.5, 0.6) is 0 Å². The molecule has 1 heterocycles. The van der Waals surface area contributed by atoms with Crippen LogP contribution in [0.4, 0.5) is 4.39 Å². The summed E-state index contributed by atoms with van der Waals surface area (Å²) in [5.41, 5.74) is 2.37. The number of halogens is 2. The van der Waals surface area contributed by atoms with Gasteiger partial charge in [-0.3, -0.25) is 4.99 Å². The lowest BCUT2D eigenvalue weighted by Gasteiger charge is -2.26. The number of hydrogen-bond donors (Lipinski definition) is 1. The lowest BCUT2D eigenvalue weighted by molar-refractivity contribution is -0.136. The molecule has 1 N–H and O–H groups in total. The van der Waals surface area contributed by atoms with Gasteiger partial charge in [-0.15, -0.1) is 0 Å². The zero-order valence-electron chi connectivity index (χ0n) is 13.7. The van der Waals surface area contributed by atoms with E-state index in [1.165, 1.54) is 25.3 Å². The van der Waals surface area contributed by atoms with Gasteiger partial charge >= 0.3 is 5.97 Å². The maximum Gasteiger partial charge on any atom is 0.338 e. The Morgan fingerprint density at radius 2 is 1.96 bits per heavy atom. The van der Waals surface area contributed by atoms with Crippen molar-refractivity contribution in [3.05, 3.63) is 81.8 Å². The second-order valence-corrected chi connectivity index (χ2v) is 5.97. The summed E-state index contributed by atoms with van der Waals surface area (Å²) in [4.78, 5) is 16.9. The van der Waals surface area contributed by atoms with Gasteiger partial charge in [-0.2, -0.15) is 0 Å². The minimum atomic E-state index is -0.683. The SMILES string of the molecule is COC(=O)C1=C(C)NC(c2ccccc2)=NC1c1ccc(F)cc1Cl. The number of allylic oxidation sites excluding steroid dienone is 1. The first-order valence-electron chi connectivity index (χ1n) is 7.65. The topological polar surface area (TPSA) is 50.7 Å². The molecule has 0 radical (unpaired) electrons.